The van der Waals surface area contributed by atoms with Gasteiger partial charge in [-0.3, -0.25) is 19.2 Å². The molecular weight excluding hydrogens is 506 g/mol. The van der Waals surface area contributed by atoms with Crippen LogP contribution in [-0.4, -0.2) is 70.7 Å². The summed E-state index contributed by atoms with van der Waals surface area (Å²) in [6.45, 7) is 6.64. The molecular formula is C30H33N7O3. The Kier molecular flexibility index (Phi) is 6.93. The van der Waals surface area contributed by atoms with Crippen molar-refractivity contribution in [2.24, 2.45) is 26.7 Å². The number of hydrogen-bond donors (Lipinski definition) is 1. The Morgan fingerprint density at radius 3 is 2.65 bits per heavy atom. The minimum atomic E-state index is -0.389. The average molecular weight is 540 g/mol. The van der Waals surface area contributed by atoms with Crippen molar-refractivity contribution in [3.8, 4) is 5.69 Å². The van der Waals surface area contributed by atoms with Crippen LogP contribution in [0.5, 0.6) is 0 Å². The van der Waals surface area contributed by atoms with Crippen LogP contribution in [0.2, 0.25) is 0 Å². The van der Waals surface area contributed by atoms with Crippen LogP contribution in [0.15, 0.2) is 68.4 Å². The first-order chi connectivity index (χ1) is 19.4. The monoisotopic (exact) mass is 539 g/mol. The number of benzene rings is 2. The number of nitrogens with zero attached hydrogens (tertiary/aromatic N) is 6. The molecule has 0 saturated carbocycles. The predicted molar refractivity (Wildman–Crippen MR) is 156 cm³/mol. The number of amides is 1. The highest BCUT2D eigenvalue weighted by molar-refractivity contribution is 6.10. The summed E-state index contributed by atoms with van der Waals surface area (Å²) in [7, 11) is 0. The Morgan fingerprint density at radius 1 is 1.07 bits per heavy atom. The number of fused-ring (bicyclic) bond motifs is 2. The first kappa shape index (κ1) is 25.9. The molecule has 206 valence electrons. The largest absolute Gasteiger partial charge is 0.386 e. The summed E-state index contributed by atoms with van der Waals surface area (Å²) in [5.74, 6) is 0.198. The highest BCUT2D eigenvalue weighted by atomic mass is 16.5. The number of nitrogens with two attached hydrogens (primary N) is 1. The fraction of sp³-hybridized carbons (Fsp3) is 0.367. The SMILES string of the molecule is Cc1ccccc1-n1c(CN2N=C(CCC(=O)N3CCOCC3)C3C(N)=NC=NC32)cc2cccc(C)c2c1=O. The number of hydrazone groups is 1. The first-order valence-corrected chi connectivity index (χ1v) is 13.7. The third kappa shape index (κ3) is 4.68. The zero-order valence-electron chi connectivity index (χ0n) is 22.8. The fourth-order valence-corrected chi connectivity index (χ4v) is 5.86. The number of carbonyl (C=O) groups excluding carboxylic acids is 1. The standard InChI is InChI=1S/C30H33N7O3/c1-19-6-3-4-9-24(19)37-22(16-21-8-5-7-20(2)26(21)30(37)39)17-36-29-27(28(31)32-18-33-29)23(34-36)10-11-25(38)35-12-14-40-15-13-35/h3-9,16,18,27,29H,10-15,17H2,1-2H3,(H2,31,32,33). The number of pyridine rings is 1. The van der Waals surface area contributed by atoms with Crippen molar-refractivity contribution in [3.05, 3.63) is 75.7 Å². The third-order valence-electron chi connectivity index (χ3n) is 7.93. The molecule has 40 heavy (non-hydrogen) atoms. The molecule has 2 atom stereocenters. The molecule has 1 aromatic heterocycles. The van der Waals surface area contributed by atoms with Crippen LogP contribution in [0.3, 0.4) is 0 Å². The Bertz CT molecular complexity index is 1620. The number of amidine groups is 1. The van der Waals surface area contributed by atoms with Gasteiger partial charge in [0.15, 0.2) is 6.17 Å². The average Bonchev–Trinajstić information content (AvgIpc) is 3.31. The number of aryl methyl sites for hydroxylation is 2. The molecule has 6 rings (SSSR count). The van der Waals surface area contributed by atoms with E-state index in [0.29, 0.717) is 56.9 Å². The molecule has 2 unspecified atom stereocenters. The molecule has 1 saturated heterocycles. The van der Waals surface area contributed by atoms with Crippen molar-refractivity contribution in [3.63, 3.8) is 0 Å². The number of aliphatic imine (C=N–C) groups is 2. The van der Waals surface area contributed by atoms with Crippen molar-refractivity contribution in [1.82, 2.24) is 14.5 Å². The molecule has 0 aliphatic carbocycles. The molecule has 2 N–H and O–H groups in total. The number of morpholine rings is 1. The summed E-state index contributed by atoms with van der Waals surface area (Å²) in [5.41, 5.74) is 10.6. The van der Waals surface area contributed by atoms with Gasteiger partial charge in [0.05, 0.1) is 42.5 Å². The van der Waals surface area contributed by atoms with Gasteiger partial charge in [0.25, 0.3) is 5.56 Å². The van der Waals surface area contributed by atoms with Gasteiger partial charge in [-0.05, 0) is 48.9 Å². The van der Waals surface area contributed by atoms with E-state index in [2.05, 4.69) is 16.1 Å². The van der Waals surface area contributed by atoms with Crippen LogP contribution in [0.4, 0.5) is 0 Å². The summed E-state index contributed by atoms with van der Waals surface area (Å²) < 4.78 is 7.17. The maximum atomic E-state index is 14.0. The summed E-state index contributed by atoms with van der Waals surface area (Å²) in [5, 5.41) is 8.41. The molecule has 2 aromatic carbocycles. The minimum Gasteiger partial charge on any atom is -0.386 e. The zero-order valence-corrected chi connectivity index (χ0v) is 22.8. The Morgan fingerprint density at radius 2 is 1.85 bits per heavy atom. The predicted octanol–water partition coefficient (Wildman–Crippen LogP) is 2.76. The molecule has 0 bridgehead atoms. The number of rotatable bonds is 6. The van der Waals surface area contributed by atoms with Gasteiger partial charge in [0, 0.05) is 25.2 Å². The normalized spacial score (nSPS) is 20.4. The topological polar surface area (TPSA) is 118 Å². The minimum absolute atomic E-state index is 0.0656. The van der Waals surface area contributed by atoms with E-state index in [9.17, 15) is 9.59 Å². The van der Waals surface area contributed by atoms with E-state index in [1.54, 1.807) is 4.57 Å². The van der Waals surface area contributed by atoms with Gasteiger partial charge in [-0.25, -0.2) is 9.98 Å². The van der Waals surface area contributed by atoms with E-state index in [1.165, 1.54) is 6.34 Å². The smallest absolute Gasteiger partial charge is 0.263 e. The van der Waals surface area contributed by atoms with Crippen LogP contribution >= 0.6 is 0 Å². The van der Waals surface area contributed by atoms with Gasteiger partial charge >= 0.3 is 0 Å². The van der Waals surface area contributed by atoms with Gasteiger partial charge in [-0.2, -0.15) is 5.10 Å². The summed E-state index contributed by atoms with van der Waals surface area (Å²) in [4.78, 5) is 37.6. The molecule has 10 heteroatoms. The van der Waals surface area contributed by atoms with E-state index >= 15 is 0 Å². The van der Waals surface area contributed by atoms with Gasteiger partial charge in [0.2, 0.25) is 5.91 Å². The third-order valence-corrected chi connectivity index (χ3v) is 7.93. The van der Waals surface area contributed by atoms with Crippen LogP contribution < -0.4 is 11.3 Å². The molecule has 1 amide bonds. The highest BCUT2D eigenvalue weighted by Crippen LogP contribution is 2.31. The number of hydrogen-bond acceptors (Lipinski definition) is 8. The van der Waals surface area contributed by atoms with Crippen molar-refractivity contribution < 1.29 is 9.53 Å². The van der Waals surface area contributed by atoms with Gasteiger partial charge < -0.3 is 15.4 Å². The van der Waals surface area contributed by atoms with E-state index in [4.69, 9.17) is 15.6 Å². The number of aromatic nitrogens is 1. The molecule has 0 radical (unpaired) electrons. The lowest BCUT2D eigenvalue weighted by Gasteiger charge is -2.28. The Labute approximate surface area is 232 Å². The Hall–Kier alpha value is -4.31. The lowest BCUT2D eigenvalue weighted by molar-refractivity contribution is -0.135. The van der Waals surface area contributed by atoms with Gasteiger partial charge in [-0.1, -0.05) is 36.4 Å². The maximum absolute atomic E-state index is 14.0. The molecule has 3 aliphatic heterocycles. The molecule has 0 spiro atoms. The second-order valence-corrected chi connectivity index (χ2v) is 10.5. The molecule has 1 fully saturated rings. The lowest BCUT2D eigenvalue weighted by Crippen LogP contribution is -2.43. The quantitative estimate of drug-likeness (QED) is 0.517. The van der Waals surface area contributed by atoms with Crippen molar-refractivity contribution in [2.45, 2.75) is 39.4 Å². The summed E-state index contributed by atoms with van der Waals surface area (Å²) in [6.07, 6.45) is 1.87. The number of para-hydroxylation sites is 1. The molecule has 3 aliphatic rings. The van der Waals surface area contributed by atoms with Crippen molar-refractivity contribution >= 4 is 34.6 Å². The van der Waals surface area contributed by atoms with E-state index in [1.807, 2.05) is 66.2 Å². The molecule has 3 aromatic rings. The van der Waals surface area contributed by atoms with Gasteiger partial charge in [0.1, 0.15) is 12.2 Å². The number of carbonyl (C=O) groups is 1. The fourth-order valence-electron chi connectivity index (χ4n) is 5.86. The summed E-state index contributed by atoms with van der Waals surface area (Å²) >= 11 is 0. The maximum Gasteiger partial charge on any atom is 0.263 e. The first-order valence-electron chi connectivity index (χ1n) is 13.7. The lowest BCUT2D eigenvalue weighted by atomic mass is 9.95. The van der Waals surface area contributed by atoms with E-state index in [-0.39, 0.29) is 23.6 Å². The second kappa shape index (κ2) is 10.7. The number of ether oxygens (including phenoxy) is 1. The molecule has 4 heterocycles. The second-order valence-electron chi connectivity index (χ2n) is 10.5. The zero-order chi connectivity index (χ0) is 27.8. The van der Waals surface area contributed by atoms with Crippen LogP contribution in [0.1, 0.15) is 29.7 Å². The van der Waals surface area contributed by atoms with E-state index in [0.717, 1.165) is 33.6 Å². The van der Waals surface area contributed by atoms with Crippen LogP contribution in [0, 0.1) is 19.8 Å². The highest BCUT2D eigenvalue weighted by Gasteiger charge is 2.41. The van der Waals surface area contributed by atoms with Gasteiger partial charge in [-0.15, -0.1) is 0 Å². The molecule has 10 nitrogen and oxygen atoms in total. The van der Waals surface area contributed by atoms with Crippen molar-refractivity contribution in [1.29, 1.82) is 0 Å². The van der Waals surface area contributed by atoms with Crippen LogP contribution in [0.25, 0.3) is 16.5 Å². The summed E-state index contributed by atoms with van der Waals surface area (Å²) in [6, 6.07) is 15.8. The van der Waals surface area contributed by atoms with Crippen LogP contribution in [-0.2, 0) is 16.1 Å². The Balaban J connectivity index is 1.37. The van der Waals surface area contributed by atoms with E-state index < -0.39 is 0 Å². The van der Waals surface area contributed by atoms with Crippen molar-refractivity contribution in [2.75, 3.05) is 26.3 Å².